The molecule has 1 rings (SSSR count). The second-order valence-corrected chi connectivity index (χ2v) is 7.35. The van der Waals surface area contributed by atoms with E-state index in [9.17, 15) is 8.42 Å². The maximum atomic E-state index is 10.9. The van der Waals surface area contributed by atoms with Gasteiger partial charge in [-0.2, -0.15) is 0 Å². The Labute approximate surface area is 105 Å². The molecule has 1 heterocycles. The van der Waals surface area contributed by atoms with E-state index in [4.69, 9.17) is 0 Å². The first-order valence-corrected chi connectivity index (χ1v) is 8.22. The fraction of sp³-hybridized carbons (Fsp3) is 1.00. The molecular formula is C11H25N3O2S. The summed E-state index contributed by atoms with van der Waals surface area (Å²) in [4.78, 5) is 4.70. The van der Waals surface area contributed by atoms with Gasteiger partial charge in [-0.15, -0.1) is 0 Å². The van der Waals surface area contributed by atoms with Gasteiger partial charge in [-0.3, -0.25) is 0 Å². The average Bonchev–Trinajstić information content (AvgIpc) is 2.64. The molecule has 0 amide bonds. The van der Waals surface area contributed by atoms with Crippen LogP contribution in [-0.4, -0.2) is 83.1 Å². The Hall–Kier alpha value is -0.170. The largest absolute Gasteiger partial charge is 0.314 e. The lowest BCUT2D eigenvalue weighted by Gasteiger charge is -2.20. The van der Waals surface area contributed by atoms with E-state index in [0.717, 1.165) is 26.2 Å². The van der Waals surface area contributed by atoms with Crippen molar-refractivity contribution in [3.05, 3.63) is 0 Å². The first-order valence-electron chi connectivity index (χ1n) is 6.16. The maximum Gasteiger partial charge on any atom is 0.148 e. The molecule has 1 atom stereocenters. The second kappa shape index (κ2) is 6.68. The highest BCUT2D eigenvalue weighted by Gasteiger charge is 2.22. The summed E-state index contributed by atoms with van der Waals surface area (Å²) in [6.45, 7) is 4.71. The Morgan fingerprint density at radius 1 is 1.35 bits per heavy atom. The number of sulfone groups is 1. The molecule has 1 unspecified atom stereocenters. The summed E-state index contributed by atoms with van der Waals surface area (Å²) in [5, 5.41) is 3.18. The molecular weight excluding hydrogens is 238 g/mol. The molecule has 0 radical (unpaired) electrons. The molecule has 0 aromatic rings. The van der Waals surface area contributed by atoms with Crippen molar-refractivity contribution in [3.8, 4) is 0 Å². The second-order valence-electron chi connectivity index (χ2n) is 5.09. The van der Waals surface area contributed by atoms with Crippen LogP contribution in [0.4, 0.5) is 0 Å². The van der Waals surface area contributed by atoms with Gasteiger partial charge in [-0.25, -0.2) is 8.42 Å². The summed E-state index contributed by atoms with van der Waals surface area (Å²) < 4.78 is 21.8. The zero-order valence-electron chi connectivity index (χ0n) is 11.1. The van der Waals surface area contributed by atoms with E-state index in [2.05, 4.69) is 29.2 Å². The van der Waals surface area contributed by atoms with Gasteiger partial charge in [0.2, 0.25) is 0 Å². The molecule has 0 bridgehead atoms. The van der Waals surface area contributed by atoms with Gasteiger partial charge in [-0.05, 0) is 27.1 Å². The molecule has 1 fully saturated rings. The van der Waals surface area contributed by atoms with Crippen molar-refractivity contribution >= 4 is 9.84 Å². The summed E-state index contributed by atoms with van der Waals surface area (Å²) in [7, 11) is 1.42. The molecule has 5 nitrogen and oxygen atoms in total. The van der Waals surface area contributed by atoms with Crippen molar-refractivity contribution in [3.63, 3.8) is 0 Å². The number of nitrogens with one attached hydrogen (secondary N) is 1. The highest BCUT2D eigenvalue weighted by Crippen LogP contribution is 2.11. The monoisotopic (exact) mass is 263 g/mol. The van der Waals surface area contributed by atoms with Crippen molar-refractivity contribution < 1.29 is 8.42 Å². The van der Waals surface area contributed by atoms with Crippen LogP contribution in [0.2, 0.25) is 0 Å². The van der Waals surface area contributed by atoms with Crippen molar-refractivity contribution in [2.45, 2.75) is 12.5 Å². The Morgan fingerprint density at radius 3 is 2.59 bits per heavy atom. The van der Waals surface area contributed by atoms with E-state index >= 15 is 0 Å². The van der Waals surface area contributed by atoms with Crippen LogP contribution in [0.25, 0.3) is 0 Å². The Morgan fingerprint density at radius 2 is 2.06 bits per heavy atom. The minimum absolute atomic E-state index is 0.229. The van der Waals surface area contributed by atoms with Crippen molar-refractivity contribution in [1.29, 1.82) is 0 Å². The van der Waals surface area contributed by atoms with Crippen LogP contribution in [0.1, 0.15) is 6.42 Å². The maximum absolute atomic E-state index is 10.9. The van der Waals surface area contributed by atoms with Crippen LogP contribution in [-0.2, 0) is 9.84 Å². The fourth-order valence-electron chi connectivity index (χ4n) is 2.06. The third-order valence-corrected chi connectivity index (χ3v) is 4.18. The smallest absolute Gasteiger partial charge is 0.148 e. The van der Waals surface area contributed by atoms with Gasteiger partial charge < -0.3 is 15.1 Å². The summed E-state index contributed by atoms with van der Waals surface area (Å²) in [6, 6.07) is 0.672. The molecule has 0 saturated carbocycles. The fourth-order valence-corrected chi connectivity index (χ4v) is 2.57. The van der Waals surface area contributed by atoms with Crippen LogP contribution in [0.5, 0.6) is 0 Å². The van der Waals surface area contributed by atoms with E-state index < -0.39 is 9.84 Å². The Balaban J connectivity index is 2.05. The van der Waals surface area contributed by atoms with E-state index in [0.29, 0.717) is 12.6 Å². The lowest BCUT2D eigenvalue weighted by atomic mass is 10.2. The zero-order chi connectivity index (χ0) is 12.9. The summed E-state index contributed by atoms with van der Waals surface area (Å²) in [6.07, 6.45) is 2.51. The van der Waals surface area contributed by atoms with Crippen LogP contribution in [0, 0.1) is 0 Å². The summed E-state index contributed by atoms with van der Waals surface area (Å²) >= 11 is 0. The molecule has 17 heavy (non-hydrogen) atoms. The number of likely N-dealkylation sites (N-methyl/N-ethyl adjacent to an activating group) is 1. The van der Waals surface area contributed by atoms with Gasteiger partial charge in [0.05, 0.1) is 5.75 Å². The SMILES string of the molecule is CN(C)C1CCN(CCNCCS(C)(=O)=O)C1. The average molecular weight is 263 g/mol. The van der Waals surface area contributed by atoms with Gasteiger partial charge in [0.15, 0.2) is 0 Å². The molecule has 1 N–H and O–H groups in total. The first kappa shape index (κ1) is 14.9. The molecule has 1 aliphatic rings. The minimum Gasteiger partial charge on any atom is -0.314 e. The zero-order valence-corrected chi connectivity index (χ0v) is 12.0. The van der Waals surface area contributed by atoms with Gasteiger partial charge in [-0.1, -0.05) is 0 Å². The molecule has 0 aromatic heterocycles. The van der Waals surface area contributed by atoms with Gasteiger partial charge in [0.1, 0.15) is 9.84 Å². The topological polar surface area (TPSA) is 52.6 Å². The van der Waals surface area contributed by atoms with Crippen molar-refractivity contribution in [1.82, 2.24) is 15.1 Å². The van der Waals surface area contributed by atoms with Crippen LogP contribution < -0.4 is 5.32 Å². The predicted octanol–water partition coefficient (Wildman–Crippen LogP) is -0.743. The molecule has 6 heteroatoms. The van der Waals surface area contributed by atoms with Gasteiger partial charge >= 0.3 is 0 Å². The van der Waals surface area contributed by atoms with E-state index in [1.165, 1.54) is 12.7 Å². The molecule has 0 spiro atoms. The minimum atomic E-state index is -2.83. The van der Waals surface area contributed by atoms with Gasteiger partial charge in [0, 0.05) is 38.5 Å². The number of hydrogen-bond donors (Lipinski definition) is 1. The standard InChI is InChI=1S/C11H25N3O2S/c1-13(2)11-4-7-14(10-11)8-5-12-6-9-17(3,15)16/h11-12H,4-10H2,1-3H3. The normalized spacial score (nSPS) is 22.5. The molecule has 0 aliphatic carbocycles. The van der Waals surface area contributed by atoms with E-state index in [-0.39, 0.29) is 5.75 Å². The van der Waals surface area contributed by atoms with Gasteiger partial charge in [0.25, 0.3) is 0 Å². The summed E-state index contributed by atoms with van der Waals surface area (Å²) in [5.41, 5.74) is 0. The third kappa shape index (κ3) is 6.35. The highest BCUT2D eigenvalue weighted by molar-refractivity contribution is 7.90. The third-order valence-electron chi connectivity index (χ3n) is 3.23. The number of hydrogen-bond acceptors (Lipinski definition) is 5. The lowest BCUT2D eigenvalue weighted by molar-refractivity contribution is 0.269. The predicted molar refractivity (Wildman–Crippen MR) is 71.1 cm³/mol. The van der Waals surface area contributed by atoms with Crippen molar-refractivity contribution in [2.24, 2.45) is 0 Å². The van der Waals surface area contributed by atoms with E-state index in [1.54, 1.807) is 0 Å². The van der Waals surface area contributed by atoms with Crippen LogP contribution >= 0.6 is 0 Å². The number of rotatable bonds is 7. The summed E-state index contributed by atoms with van der Waals surface area (Å²) in [5.74, 6) is 0.229. The number of likely N-dealkylation sites (tertiary alicyclic amines) is 1. The molecule has 1 saturated heterocycles. The van der Waals surface area contributed by atoms with Crippen LogP contribution in [0.15, 0.2) is 0 Å². The van der Waals surface area contributed by atoms with Crippen molar-refractivity contribution in [2.75, 3.05) is 58.8 Å². The molecule has 1 aliphatic heterocycles. The highest BCUT2D eigenvalue weighted by atomic mass is 32.2. The Kier molecular flexibility index (Phi) is 5.85. The number of nitrogens with zero attached hydrogens (tertiary/aromatic N) is 2. The Bertz CT molecular complexity index is 317. The lowest BCUT2D eigenvalue weighted by Crippen LogP contribution is -2.35. The molecule has 0 aromatic carbocycles. The quantitative estimate of drug-likeness (QED) is 0.613. The molecule has 102 valence electrons. The van der Waals surface area contributed by atoms with Crippen LogP contribution in [0.3, 0.4) is 0 Å². The van der Waals surface area contributed by atoms with E-state index in [1.807, 2.05) is 0 Å². The first-order chi connectivity index (χ1) is 7.88.